The third-order valence-electron chi connectivity index (χ3n) is 3.52. The number of hydrogen-bond donors (Lipinski definition) is 2. The maximum atomic E-state index is 13.6. The van der Waals surface area contributed by atoms with Gasteiger partial charge in [0.05, 0.1) is 11.9 Å². The Morgan fingerprint density at radius 3 is 2.50 bits per heavy atom. The predicted octanol–water partition coefficient (Wildman–Crippen LogP) is 3.75. The maximum Gasteiger partial charge on any atom is 0.140 e. The average molecular weight is 300 g/mol. The molecule has 1 aromatic heterocycles. The first-order valence-electron chi connectivity index (χ1n) is 6.79. The standard InChI is InChI=1S/C17H14F2N2O/c1-10-2-3-12(8-14(10)19)16(22)17-20-9-15(21-17)11-4-6-13(18)7-5-11/h2-9,16,22H,1H3,(H,20,21). The minimum absolute atomic E-state index is 0.308. The largest absolute Gasteiger partial charge is 0.380 e. The van der Waals surface area contributed by atoms with E-state index in [9.17, 15) is 13.9 Å². The minimum atomic E-state index is -1.05. The number of hydrogen-bond acceptors (Lipinski definition) is 2. The van der Waals surface area contributed by atoms with Crippen molar-refractivity contribution in [1.82, 2.24) is 9.97 Å². The van der Waals surface area contributed by atoms with Crippen LogP contribution in [0.3, 0.4) is 0 Å². The lowest BCUT2D eigenvalue weighted by Crippen LogP contribution is -2.03. The van der Waals surface area contributed by atoms with Gasteiger partial charge in [0.1, 0.15) is 23.6 Å². The van der Waals surface area contributed by atoms with Gasteiger partial charge in [-0.3, -0.25) is 0 Å². The van der Waals surface area contributed by atoms with E-state index in [2.05, 4.69) is 9.97 Å². The smallest absolute Gasteiger partial charge is 0.140 e. The second-order valence-corrected chi connectivity index (χ2v) is 5.10. The van der Waals surface area contributed by atoms with E-state index >= 15 is 0 Å². The number of aliphatic hydroxyl groups excluding tert-OH is 1. The Balaban J connectivity index is 1.89. The molecule has 0 saturated carbocycles. The first-order valence-corrected chi connectivity index (χ1v) is 6.79. The summed E-state index contributed by atoms with van der Waals surface area (Å²) in [4.78, 5) is 7.10. The van der Waals surface area contributed by atoms with E-state index in [4.69, 9.17) is 0 Å². The van der Waals surface area contributed by atoms with E-state index in [1.807, 2.05) is 0 Å². The Morgan fingerprint density at radius 1 is 1.09 bits per heavy atom. The maximum absolute atomic E-state index is 13.6. The summed E-state index contributed by atoms with van der Waals surface area (Å²) in [6, 6.07) is 10.5. The van der Waals surface area contributed by atoms with Gasteiger partial charge in [-0.15, -0.1) is 0 Å². The van der Waals surface area contributed by atoms with Crippen LogP contribution in [-0.4, -0.2) is 15.1 Å². The molecule has 3 rings (SSSR count). The zero-order chi connectivity index (χ0) is 15.7. The van der Waals surface area contributed by atoms with Crippen molar-refractivity contribution in [3.05, 3.63) is 77.2 Å². The Kier molecular flexibility index (Phi) is 3.73. The van der Waals surface area contributed by atoms with Crippen molar-refractivity contribution in [1.29, 1.82) is 0 Å². The van der Waals surface area contributed by atoms with Gasteiger partial charge in [-0.1, -0.05) is 12.1 Å². The summed E-state index contributed by atoms with van der Waals surface area (Å²) in [5.74, 6) is -0.386. The molecule has 1 unspecified atom stereocenters. The average Bonchev–Trinajstić information content (AvgIpc) is 3.00. The molecule has 1 atom stereocenters. The molecule has 0 aliphatic carbocycles. The van der Waals surface area contributed by atoms with Crippen LogP contribution in [0.25, 0.3) is 11.3 Å². The fourth-order valence-corrected chi connectivity index (χ4v) is 2.19. The third-order valence-corrected chi connectivity index (χ3v) is 3.52. The molecule has 1 heterocycles. The molecule has 3 aromatic rings. The molecule has 0 bridgehead atoms. The van der Waals surface area contributed by atoms with Crippen molar-refractivity contribution in [3.8, 4) is 11.3 Å². The molecule has 2 aromatic carbocycles. The van der Waals surface area contributed by atoms with Crippen LogP contribution in [0, 0.1) is 18.6 Å². The molecule has 0 radical (unpaired) electrons. The molecule has 112 valence electrons. The second-order valence-electron chi connectivity index (χ2n) is 5.10. The van der Waals surface area contributed by atoms with Crippen molar-refractivity contribution in [3.63, 3.8) is 0 Å². The van der Waals surface area contributed by atoms with Crippen LogP contribution in [0.4, 0.5) is 8.78 Å². The highest BCUT2D eigenvalue weighted by Crippen LogP contribution is 2.24. The summed E-state index contributed by atoms with van der Waals surface area (Å²) >= 11 is 0. The number of rotatable bonds is 3. The number of aryl methyl sites for hydroxylation is 1. The summed E-state index contributed by atoms with van der Waals surface area (Å²) in [6.07, 6.45) is 0.500. The molecule has 5 heteroatoms. The molecule has 2 N–H and O–H groups in total. The van der Waals surface area contributed by atoms with Crippen molar-refractivity contribution in [2.45, 2.75) is 13.0 Å². The monoisotopic (exact) mass is 300 g/mol. The number of aromatic amines is 1. The highest BCUT2D eigenvalue weighted by Gasteiger charge is 2.16. The minimum Gasteiger partial charge on any atom is -0.380 e. The number of halogens is 2. The summed E-state index contributed by atoms with van der Waals surface area (Å²) in [6.45, 7) is 1.66. The normalized spacial score (nSPS) is 12.4. The molecule has 0 amide bonds. The quantitative estimate of drug-likeness (QED) is 0.774. The Hall–Kier alpha value is -2.53. The molecule has 0 aliphatic heterocycles. The highest BCUT2D eigenvalue weighted by molar-refractivity contribution is 5.58. The summed E-state index contributed by atoms with van der Waals surface area (Å²) in [7, 11) is 0. The molecule has 3 nitrogen and oxygen atoms in total. The zero-order valence-electron chi connectivity index (χ0n) is 11.8. The van der Waals surface area contributed by atoms with Crippen LogP contribution in [0.1, 0.15) is 23.1 Å². The predicted molar refractivity (Wildman–Crippen MR) is 79.2 cm³/mol. The van der Waals surface area contributed by atoms with Gasteiger partial charge in [0.15, 0.2) is 0 Å². The Bertz CT molecular complexity index is 797. The van der Waals surface area contributed by atoms with Crippen molar-refractivity contribution in [2.24, 2.45) is 0 Å². The van der Waals surface area contributed by atoms with E-state index in [1.165, 1.54) is 18.2 Å². The van der Waals surface area contributed by atoms with Gasteiger partial charge in [-0.2, -0.15) is 0 Å². The number of nitrogens with zero attached hydrogens (tertiary/aromatic N) is 1. The number of H-pyrrole nitrogens is 1. The van der Waals surface area contributed by atoms with Crippen LogP contribution in [0.15, 0.2) is 48.7 Å². The molecule has 0 aliphatic rings. The molecular formula is C17H14F2N2O. The van der Waals surface area contributed by atoms with E-state index < -0.39 is 6.10 Å². The van der Waals surface area contributed by atoms with Gasteiger partial charge in [0.25, 0.3) is 0 Å². The molecule has 0 fully saturated rings. The topological polar surface area (TPSA) is 48.9 Å². The van der Waals surface area contributed by atoms with Crippen LogP contribution >= 0.6 is 0 Å². The SMILES string of the molecule is Cc1ccc(C(O)c2ncc(-c3ccc(F)cc3)[nH]2)cc1F. The summed E-state index contributed by atoms with van der Waals surface area (Å²) < 4.78 is 26.5. The molecule has 22 heavy (non-hydrogen) atoms. The van der Waals surface area contributed by atoms with E-state index in [0.29, 0.717) is 22.6 Å². The molecule has 0 saturated heterocycles. The van der Waals surface area contributed by atoms with E-state index in [0.717, 1.165) is 5.56 Å². The van der Waals surface area contributed by atoms with Crippen molar-refractivity contribution >= 4 is 0 Å². The van der Waals surface area contributed by atoms with Crippen LogP contribution in [0.5, 0.6) is 0 Å². The van der Waals surface area contributed by atoms with E-state index in [-0.39, 0.29) is 11.6 Å². The van der Waals surface area contributed by atoms with Crippen LogP contribution in [0.2, 0.25) is 0 Å². The summed E-state index contributed by atoms with van der Waals surface area (Å²) in [5.41, 5.74) is 2.34. The lowest BCUT2D eigenvalue weighted by atomic mass is 10.1. The van der Waals surface area contributed by atoms with Gasteiger partial charge in [-0.25, -0.2) is 13.8 Å². The number of aromatic nitrogens is 2. The zero-order valence-corrected chi connectivity index (χ0v) is 11.8. The van der Waals surface area contributed by atoms with Gasteiger partial charge in [0, 0.05) is 0 Å². The van der Waals surface area contributed by atoms with Gasteiger partial charge in [-0.05, 0) is 53.9 Å². The van der Waals surface area contributed by atoms with Crippen molar-refractivity contribution in [2.75, 3.05) is 0 Å². The van der Waals surface area contributed by atoms with E-state index in [1.54, 1.807) is 37.4 Å². The van der Waals surface area contributed by atoms with Crippen LogP contribution < -0.4 is 0 Å². The lowest BCUT2D eigenvalue weighted by molar-refractivity contribution is 0.210. The lowest BCUT2D eigenvalue weighted by Gasteiger charge is -2.09. The summed E-state index contributed by atoms with van der Waals surface area (Å²) in [5, 5.41) is 10.3. The third kappa shape index (κ3) is 2.76. The van der Waals surface area contributed by atoms with Crippen LogP contribution in [-0.2, 0) is 0 Å². The fourth-order valence-electron chi connectivity index (χ4n) is 2.19. The highest BCUT2D eigenvalue weighted by atomic mass is 19.1. The Labute approximate surface area is 126 Å². The number of benzene rings is 2. The first-order chi connectivity index (χ1) is 10.5. The molecule has 0 spiro atoms. The van der Waals surface area contributed by atoms with Gasteiger partial charge >= 0.3 is 0 Å². The van der Waals surface area contributed by atoms with Crippen molar-refractivity contribution < 1.29 is 13.9 Å². The van der Waals surface area contributed by atoms with Gasteiger partial charge in [0.2, 0.25) is 0 Å². The molecular weight excluding hydrogens is 286 g/mol. The fraction of sp³-hybridized carbons (Fsp3) is 0.118. The number of aliphatic hydroxyl groups is 1. The second kappa shape index (κ2) is 5.69. The first kappa shape index (κ1) is 14.4. The van der Waals surface area contributed by atoms with Gasteiger partial charge < -0.3 is 10.1 Å². The number of nitrogens with one attached hydrogen (secondary N) is 1. The number of imidazole rings is 1. The Morgan fingerprint density at radius 2 is 1.82 bits per heavy atom.